The van der Waals surface area contributed by atoms with E-state index in [0.29, 0.717) is 16.8 Å². The lowest BCUT2D eigenvalue weighted by Crippen LogP contribution is -2.46. The first-order chi connectivity index (χ1) is 33.1. The van der Waals surface area contributed by atoms with E-state index in [1.54, 1.807) is 24.3 Å². The molecule has 2 aromatic carbocycles. The van der Waals surface area contributed by atoms with Crippen LogP contribution in [-0.2, 0) is 64.3 Å². The Hall–Kier alpha value is -6.33. The average molecular weight is 1020 g/mol. The number of ether oxygens (including phenoxy) is 4. The minimum atomic E-state index is -5.45. The number of nitrogens with one attached hydrogen (secondary N) is 1. The van der Waals surface area contributed by atoms with Crippen LogP contribution in [-0.4, -0.2) is 140 Å². The van der Waals surface area contributed by atoms with Gasteiger partial charge < -0.3 is 60.6 Å². The third-order valence-electron chi connectivity index (χ3n) is 10.8. The Morgan fingerprint density at radius 3 is 2.19 bits per heavy atom. The number of imidazole rings is 1. The summed E-state index contributed by atoms with van der Waals surface area (Å²) in [4.78, 5) is 98.0. The van der Waals surface area contributed by atoms with E-state index in [0.717, 1.165) is 28.1 Å². The number of rotatable bonds is 18. The third kappa shape index (κ3) is 12.3. The van der Waals surface area contributed by atoms with Gasteiger partial charge in [-0.2, -0.15) is 4.98 Å². The van der Waals surface area contributed by atoms with Crippen molar-refractivity contribution in [2.75, 3.05) is 37.0 Å². The Balaban J connectivity index is 1.01. The van der Waals surface area contributed by atoms with Crippen molar-refractivity contribution in [1.82, 2.24) is 34.0 Å². The van der Waals surface area contributed by atoms with Gasteiger partial charge in [-0.25, -0.2) is 42.9 Å². The van der Waals surface area contributed by atoms with Crippen LogP contribution in [0.25, 0.3) is 11.2 Å². The third-order valence-corrected chi connectivity index (χ3v) is 12.3. The fourth-order valence-electron chi connectivity index (χ4n) is 7.11. The smallest absolute Gasteiger partial charge is 0.455 e. The lowest BCUT2D eigenvalue weighted by atomic mass is 10.1. The number of nitrogens with zero attached hydrogens (tertiary/aromatic N) is 7. The molecule has 70 heavy (non-hydrogen) atoms. The Bertz CT molecular complexity index is 2860. The highest BCUT2D eigenvalue weighted by Crippen LogP contribution is 2.50. The number of aliphatic hydroxyl groups is 2. The number of halogens is 1. The Morgan fingerprint density at radius 1 is 0.886 bits per heavy atom. The lowest BCUT2D eigenvalue weighted by Gasteiger charge is -2.27. The second-order valence-electron chi connectivity index (χ2n) is 15.6. The maximum atomic E-state index is 13.7. The normalized spacial score (nSPS) is 23.7. The van der Waals surface area contributed by atoms with E-state index in [4.69, 9.17) is 39.5 Å². The standard InChI is InChI=1S/C39H45FN10O18P2/c1-19(48(2)39(56)62-14-21-5-9-23(10-6-21)46-27(51)13-20-3-7-22(40)8-4-20)37(54)67-31-24(65-36(29(31)52)50-18-45-28-33(42)43-17-44-34(28)50)16-64-70(60,61)68-32-25(15-63-69(57,58)59)66-35(30(32)53)49-12-11-26(41)47-38(49)55/h3-12,17-19,24-25,29-32,35-36,52-53H,13-16H2,1-2H3,(H,46,51)(H,60,61)(H2,41,47,55)(H2,42,43,44)(H2,57,58,59)/t19-,24+,25+,29+,30+,31+,32+,35+,36+/m0/s1. The molecule has 3 aromatic heterocycles. The van der Waals surface area contributed by atoms with Crippen LogP contribution >= 0.6 is 15.6 Å². The molecule has 2 saturated heterocycles. The molecule has 0 radical (unpaired) electrons. The second kappa shape index (κ2) is 21.3. The predicted molar refractivity (Wildman–Crippen MR) is 234 cm³/mol. The van der Waals surface area contributed by atoms with Crippen molar-refractivity contribution in [2.24, 2.45) is 0 Å². The number of aromatic nitrogens is 6. The molecule has 10 atom stereocenters. The molecule has 376 valence electrons. The summed E-state index contributed by atoms with van der Waals surface area (Å²) < 4.78 is 77.8. The first-order valence-corrected chi connectivity index (χ1v) is 23.6. The molecular formula is C39H45FN10O18P2. The highest BCUT2D eigenvalue weighted by atomic mass is 31.2. The number of esters is 1. The number of nitrogens with two attached hydrogens (primary N) is 2. The molecule has 5 aromatic rings. The zero-order valence-electron chi connectivity index (χ0n) is 36.6. The van der Waals surface area contributed by atoms with Crippen LogP contribution < -0.4 is 22.5 Å². The SMILES string of the molecule is C[C@@H](C(=O)O[C@H]1[C@@H](O)[C@H](n2cnc3c(N)ncnc32)O[C@@H]1COP(=O)(O)O[C@H]1[C@@H](O)[C@H](n2ccc(N)nc2=O)O[C@@H]1COP(=O)(O)O)N(C)C(=O)OCc1ccc(NC(=O)Cc2ccc(F)cc2)cc1. The van der Waals surface area contributed by atoms with E-state index in [1.165, 1.54) is 49.1 Å². The number of fused-ring (bicyclic) bond motifs is 1. The molecule has 0 aliphatic carbocycles. The molecule has 0 saturated carbocycles. The van der Waals surface area contributed by atoms with Crippen LogP contribution in [0.1, 0.15) is 30.5 Å². The first kappa shape index (κ1) is 51.5. The topological polar surface area (TPSA) is 397 Å². The maximum Gasteiger partial charge on any atom is 0.472 e. The molecule has 0 bridgehead atoms. The average Bonchev–Trinajstić information content (AvgIpc) is 3.97. The zero-order valence-corrected chi connectivity index (χ0v) is 38.3. The number of likely N-dealkylation sites (N-methyl/N-ethyl adjacent to an activating group) is 1. The molecule has 2 aliphatic heterocycles. The van der Waals surface area contributed by atoms with Gasteiger partial charge in [0.2, 0.25) is 5.91 Å². The van der Waals surface area contributed by atoms with Gasteiger partial charge in [-0.05, 0) is 48.4 Å². The molecule has 2 fully saturated rings. The molecule has 1 unspecified atom stereocenters. The summed E-state index contributed by atoms with van der Waals surface area (Å²) in [7, 11) is -9.42. The van der Waals surface area contributed by atoms with Gasteiger partial charge in [0.1, 0.15) is 66.6 Å². The van der Waals surface area contributed by atoms with Crippen LogP contribution in [0.4, 0.5) is 26.5 Å². The summed E-state index contributed by atoms with van der Waals surface area (Å²) in [5.41, 5.74) is 12.1. The van der Waals surface area contributed by atoms with Crippen molar-refractivity contribution in [3.8, 4) is 0 Å². The number of anilines is 3. The number of aliphatic hydroxyl groups excluding tert-OH is 2. The molecule has 2 aliphatic rings. The molecular weight excluding hydrogens is 977 g/mol. The van der Waals surface area contributed by atoms with Gasteiger partial charge in [0.05, 0.1) is 26.0 Å². The van der Waals surface area contributed by atoms with Gasteiger partial charge >= 0.3 is 33.4 Å². The quantitative estimate of drug-likeness (QED) is 0.0431. The number of carbonyl (C=O) groups is 3. The van der Waals surface area contributed by atoms with Crippen LogP contribution in [0.2, 0.25) is 0 Å². The second-order valence-corrected chi connectivity index (χ2v) is 18.3. The summed E-state index contributed by atoms with van der Waals surface area (Å²) >= 11 is 0. The largest absolute Gasteiger partial charge is 0.472 e. The van der Waals surface area contributed by atoms with Gasteiger partial charge in [-0.1, -0.05) is 24.3 Å². The first-order valence-electron chi connectivity index (χ1n) is 20.6. The van der Waals surface area contributed by atoms with Crippen molar-refractivity contribution >= 4 is 62.1 Å². The molecule has 2 amide bonds. The highest BCUT2D eigenvalue weighted by molar-refractivity contribution is 7.47. The number of phosphoric acid groups is 2. The van der Waals surface area contributed by atoms with Crippen molar-refractivity contribution in [1.29, 1.82) is 0 Å². The zero-order chi connectivity index (χ0) is 50.7. The minimum absolute atomic E-state index is 0.00518. The maximum absolute atomic E-state index is 13.7. The predicted octanol–water partition coefficient (Wildman–Crippen LogP) is 0.265. The van der Waals surface area contributed by atoms with E-state index in [1.807, 2.05) is 0 Å². The van der Waals surface area contributed by atoms with E-state index in [9.17, 15) is 57.6 Å². The minimum Gasteiger partial charge on any atom is -0.455 e. The summed E-state index contributed by atoms with van der Waals surface area (Å²) in [6, 6.07) is 11.6. The summed E-state index contributed by atoms with van der Waals surface area (Å²) in [6.07, 6.45) is -11.8. The monoisotopic (exact) mass is 1020 g/mol. The summed E-state index contributed by atoms with van der Waals surface area (Å²) in [6.45, 7) is -1.04. The van der Waals surface area contributed by atoms with Gasteiger partial charge in [0.25, 0.3) is 0 Å². The lowest BCUT2D eigenvalue weighted by molar-refractivity contribution is -0.161. The van der Waals surface area contributed by atoms with Crippen LogP contribution in [0.3, 0.4) is 0 Å². The molecule has 28 nitrogen and oxygen atoms in total. The number of benzene rings is 2. The van der Waals surface area contributed by atoms with Gasteiger partial charge in [-0.3, -0.25) is 32.4 Å². The fraction of sp³-hybridized carbons (Fsp3) is 0.385. The summed E-state index contributed by atoms with van der Waals surface area (Å²) in [5.74, 6) is -2.14. The molecule has 5 heterocycles. The van der Waals surface area contributed by atoms with Crippen molar-refractivity contribution in [2.45, 2.75) is 75.1 Å². The Labute approximate surface area is 393 Å². The number of hydrogen-bond acceptors (Lipinski definition) is 21. The van der Waals surface area contributed by atoms with Crippen LogP contribution in [0.5, 0.6) is 0 Å². The van der Waals surface area contributed by atoms with Gasteiger partial charge in [0.15, 0.2) is 30.0 Å². The number of amides is 2. The van der Waals surface area contributed by atoms with Gasteiger partial charge in [-0.15, -0.1) is 0 Å². The van der Waals surface area contributed by atoms with Crippen molar-refractivity contribution in [3.63, 3.8) is 0 Å². The van der Waals surface area contributed by atoms with Crippen LogP contribution in [0, 0.1) is 5.82 Å². The van der Waals surface area contributed by atoms with Crippen LogP contribution in [0.15, 0.2) is 78.2 Å². The number of phosphoric ester groups is 2. The number of hydrogen-bond donors (Lipinski definition) is 8. The summed E-state index contributed by atoms with van der Waals surface area (Å²) in [5, 5.41) is 25.5. The van der Waals surface area contributed by atoms with Gasteiger partial charge in [0, 0.05) is 18.9 Å². The highest BCUT2D eigenvalue weighted by Gasteiger charge is 2.52. The molecule has 31 heteroatoms. The molecule has 10 N–H and O–H groups in total. The Morgan fingerprint density at radius 2 is 1.51 bits per heavy atom. The Kier molecular flexibility index (Phi) is 15.7. The van der Waals surface area contributed by atoms with Crippen molar-refractivity contribution in [3.05, 3.63) is 101 Å². The molecule has 7 rings (SSSR count). The van der Waals surface area contributed by atoms with E-state index in [-0.39, 0.29) is 41.7 Å². The van der Waals surface area contributed by atoms with E-state index >= 15 is 0 Å². The van der Waals surface area contributed by atoms with Crippen molar-refractivity contribution < 1.29 is 85.3 Å². The van der Waals surface area contributed by atoms with E-state index < -0.39 is 108 Å². The number of carbonyl (C=O) groups excluding carboxylic acids is 3. The fourth-order valence-corrected chi connectivity index (χ4v) is 8.42. The number of nitrogen functional groups attached to an aromatic ring is 2. The van der Waals surface area contributed by atoms with E-state index in [2.05, 4.69) is 29.8 Å². The molecule has 0 spiro atoms.